The van der Waals surface area contributed by atoms with Crippen LogP contribution in [-0.4, -0.2) is 11.1 Å². The fourth-order valence-corrected chi connectivity index (χ4v) is 3.74. The van der Waals surface area contributed by atoms with Gasteiger partial charge < -0.3 is 4.42 Å². The van der Waals surface area contributed by atoms with Gasteiger partial charge in [0.25, 0.3) is 5.56 Å². The van der Waals surface area contributed by atoms with Gasteiger partial charge in [0.2, 0.25) is 0 Å². The van der Waals surface area contributed by atoms with Crippen molar-refractivity contribution >= 4 is 40.6 Å². The zero-order valence-corrected chi connectivity index (χ0v) is 14.1. The highest BCUT2D eigenvalue weighted by molar-refractivity contribution is 7.07. The first-order chi connectivity index (χ1) is 11.1. The molecular formula is C16H10Cl2N2O2S. The van der Waals surface area contributed by atoms with Gasteiger partial charge in [-0.2, -0.15) is 0 Å². The highest BCUT2D eigenvalue weighted by Gasteiger charge is 2.11. The molecule has 0 N–H and O–H groups in total. The number of rotatable bonds is 2. The van der Waals surface area contributed by atoms with Gasteiger partial charge in [-0.1, -0.05) is 34.5 Å². The summed E-state index contributed by atoms with van der Waals surface area (Å²) in [5, 5.41) is 0.972. The Balaban J connectivity index is 1.75. The Morgan fingerprint density at radius 3 is 2.87 bits per heavy atom. The van der Waals surface area contributed by atoms with Crippen molar-refractivity contribution in [3.05, 3.63) is 65.8 Å². The first-order valence-corrected chi connectivity index (χ1v) is 8.50. The lowest BCUT2D eigenvalue weighted by Gasteiger charge is -1.99. The summed E-state index contributed by atoms with van der Waals surface area (Å²) in [6.45, 7) is 1.34. The zero-order chi connectivity index (χ0) is 16.0. The molecule has 3 heterocycles. The van der Waals surface area contributed by atoms with Crippen LogP contribution in [0.4, 0.5) is 0 Å². The van der Waals surface area contributed by atoms with Crippen LogP contribution in [0.15, 0.2) is 44.5 Å². The molecule has 4 rings (SSSR count). The number of aromatic nitrogens is 1. The monoisotopic (exact) mass is 364 g/mol. The van der Waals surface area contributed by atoms with E-state index in [0.717, 1.165) is 10.4 Å². The predicted octanol–water partition coefficient (Wildman–Crippen LogP) is 2.94. The standard InChI is InChI=1S/C16H10Cl2N2O2S/c17-11-3-1-9(7-12(11)18)13-4-2-10(22-13)8-14-15(21)20-6-5-19-16(20)23-14/h1-4,7-8H,5-6H2/b14-8+. The van der Waals surface area contributed by atoms with E-state index in [9.17, 15) is 4.79 Å². The number of halogens is 2. The Morgan fingerprint density at radius 1 is 1.22 bits per heavy atom. The Labute approximate surface area is 144 Å². The second-order valence-corrected chi connectivity index (χ2v) is 6.89. The van der Waals surface area contributed by atoms with Crippen molar-refractivity contribution in [2.75, 3.05) is 6.54 Å². The maximum atomic E-state index is 12.2. The average molecular weight is 365 g/mol. The smallest absolute Gasteiger partial charge is 0.270 e. The Morgan fingerprint density at radius 2 is 2.09 bits per heavy atom. The molecule has 7 heteroatoms. The van der Waals surface area contributed by atoms with Crippen LogP contribution in [0.5, 0.6) is 0 Å². The third-order valence-corrected chi connectivity index (χ3v) is 5.35. The molecule has 1 aromatic carbocycles. The lowest BCUT2D eigenvalue weighted by Crippen LogP contribution is -2.29. The molecule has 0 fully saturated rings. The molecular weight excluding hydrogens is 355 g/mol. The van der Waals surface area contributed by atoms with E-state index in [4.69, 9.17) is 27.6 Å². The minimum absolute atomic E-state index is 0.0151. The van der Waals surface area contributed by atoms with E-state index in [1.54, 1.807) is 22.8 Å². The van der Waals surface area contributed by atoms with Crippen molar-refractivity contribution in [1.82, 2.24) is 4.57 Å². The molecule has 0 saturated carbocycles. The van der Waals surface area contributed by atoms with Gasteiger partial charge in [0.1, 0.15) is 11.5 Å². The molecule has 116 valence electrons. The van der Waals surface area contributed by atoms with Gasteiger partial charge in [0.15, 0.2) is 4.80 Å². The summed E-state index contributed by atoms with van der Waals surface area (Å²) in [6.07, 6.45) is 1.74. The number of hydrogen-bond donors (Lipinski definition) is 0. The predicted molar refractivity (Wildman–Crippen MR) is 92.0 cm³/mol. The molecule has 4 nitrogen and oxygen atoms in total. The summed E-state index contributed by atoms with van der Waals surface area (Å²) in [7, 11) is 0. The summed E-state index contributed by atoms with van der Waals surface area (Å²) < 4.78 is 8.11. The molecule has 0 amide bonds. The van der Waals surface area contributed by atoms with Crippen LogP contribution < -0.4 is 14.9 Å². The minimum Gasteiger partial charge on any atom is -0.457 e. The van der Waals surface area contributed by atoms with E-state index in [1.165, 1.54) is 11.3 Å². The maximum Gasteiger partial charge on any atom is 0.270 e. The van der Waals surface area contributed by atoms with Gasteiger partial charge in [-0.3, -0.25) is 14.4 Å². The van der Waals surface area contributed by atoms with Crippen molar-refractivity contribution in [1.29, 1.82) is 0 Å². The van der Waals surface area contributed by atoms with Gasteiger partial charge in [-0.25, -0.2) is 0 Å². The summed E-state index contributed by atoms with van der Waals surface area (Å²) >= 11 is 13.3. The molecule has 3 aromatic rings. The van der Waals surface area contributed by atoms with Crippen LogP contribution in [0.3, 0.4) is 0 Å². The first kappa shape index (κ1) is 14.8. The molecule has 23 heavy (non-hydrogen) atoms. The number of hydrogen-bond acceptors (Lipinski definition) is 4. The second-order valence-electron chi connectivity index (χ2n) is 5.06. The number of benzene rings is 1. The summed E-state index contributed by atoms with van der Waals surface area (Å²) in [6, 6.07) is 8.98. The van der Waals surface area contributed by atoms with E-state index < -0.39 is 0 Å². The van der Waals surface area contributed by atoms with Crippen molar-refractivity contribution in [2.24, 2.45) is 4.99 Å². The van der Waals surface area contributed by atoms with Gasteiger partial charge >= 0.3 is 0 Å². The van der Waals surface area contributed by atoms with Crippen molar-refractivity contribution in [3.63, 3.8) is 0 Å². The maximum absolute atomic E-state index is 12.2. The Bertz CT molecular complexity index is 1080. The van der Waals surface area contributed by atoms with Crippen LogP contribution in [-0.2, 0) is 6.54 Å². The molecule has 1 aliphatic rings. The lowest BCUT2D eigenvalue weighted by molar-refractivity contribution is 0.571. The molecule has 1 aliphatic heterocycles. The Kier molecular flexibility index (Phi) is 3.64. The summed E-state index contributed by atoms with van der Waals surface area (Å²) in [5.74, 6) is 1.28. The van der Waals surface area contributed by atoms with E-state index in [1.807, 2.05) is 18.2 Å². The zero-order valence-electron chi connectivity index (χ0n) is 11.8. The highest BCUT2D eigenvalue weighted by Crippen LogP contribution is 2.29. The molecule has 2 aromatic heterocycles. The van der Waals surface area contributed by atoms with Crippen molar-refractivity contribution < 1.29 is 4.42 Å². The largest absolute Gasteiger partial charge is 0.457 e. The van der Waals surface area contributed by atoms with E-state index in [0.29, 0.717) is 39.2 Å². The topological polar surface area (TPSA) is 47.5 Å². The van der Waals surface area contributed by atoms with Gasteiger partial charge in [0, 0.05) is 18.2 Å². The fourth-order valence-electron chi connectivity index (χ4n) is 2.43. The number of nitrogens with zero attached hydrogens (tertiary/aromatic N) is 2. The normalized spacial score (nSPS) is 14.1. The molecule has 0 unspecified atom stereocenters. The van der Waals surface area contributed by atoms with Crippen LogP contribution in [0.2, 0.25) is 10.0 Å². The van der Waals surface area contributed by atoms with Crippen LogP contribution in [0.1, 0.15) is 5.76 Å². The summed E-state index contributed by atoms with van der Waals surface area (Å²) in [5.41, 5.74) is 0.818. The van der Waals surface area contributed by atoms with E-state index in [-0.39, 0.29) is 5.56 Å². The second kappa shape index (κ2) is 5.67. The van der Waals surface area contributed by atoms with Gasteiger partial charge in [-0.15, -0.1) is 0 Å². The van der Waals surface area contributed by atoms with E-state index >= 15 is 0 Å². The number of furan rings is 1. The average Bonchev–Trinajstić information content (AvgIpc) is 3.23. The molecule has 0 aliphatic carbocycles. The number of fused-ring (bicyclic) bond motifs is 1. The first-order valence-electron chi connectivity index (χ1n) is 6.93. The SMILES string of the molecule is O=c1/c(=C\c2ccc(-c3ccc(Cl)c(Cl)c3)o2)sc2n1CCN=2. The third kappa shape index (κ3) is 2.65. The van der Waals surface area contributed by atoms with Crippen LogP contribution in [0.25, 0.3) is 17.4 Å². The van der Waals surface area contributed by atoms with Gasteiger partial charge in [-0.05, 0) is 30.3 Å². The molecule has 0 bridgehead atoms. The molecule has 0 spiro atoms. The third-order valence-electron chi connectivity index (χ3n) is 3.56. The Hall–Kier alpha value is -1.82. The van der Waals surface area contributed by atoms with Gasteiger partial charge in [0.05, 0.1) is 21.1 Å². The lowest BCUT2D eigenvalue weighted by atomic mass is 10.2. The minimum atomic E-state index is -0.0151. The molecule has 0 atom stereocenters. The van der Waals surface area contributed by atoms with E-state index in [2.05, 4.69) is 4.99 Å². The van der Waals surface area contributed by atoms with Crippen LogP contribution >= 0.6 is 34.5 Å². The summed E-state index contributed by atoms with van der Waals surface area (Å²) in [4.78, 5) is 17.3. The van der Waals surface area contributed by atoms with Crippen molar-refractivity contribution in [3.8, 4) is 11.3 Å². The van der Waals surface area contributed by atoms with Crippen molar-refractivity contribution in [2.45, 2.75) is 6.54 Å². The molecule has 0 radical (unpaired) electrons. The highest BCUT2D eigenvalue weighted by atomic mass is 35.5. The molecule has 0 saturated heterocycles. The fraction of sp³-hybridized carbons (Fsp3) is 0.125. The number of thiazole rings is 1. The van der Waals surface area contributed by atoms with Crippen LogP contribution in [0, 0.1) is 0 Å². The quantitative estimate of drug-likeness (QED) is 0.701.